The molecule has 0 N–H and O–H groups in total. The minimum atomic E-state index is -0.216. The van der Waals surface area contributed by atoms with Crippen LogP contribution >= 0.6 is 0 Å². The van der Waals surface area contributed by atoms with Gasteiger partial charge in [-0.15, -0.1) is 0 Å². The van der Waals surface area contributed by atoms with Gasteiger partial charge in [-0.25, -0.2) is 4.98 Å². The highest BCUT2D eigenvalue weighted by Crippen LogP contribution is 2.11. The minimum Gasteiger partial charge on any atom is -0.471 e. The van der Waals surface area contributed by atoms with E-state index < -0.39 is 0 Å². The maximum absolute atomic E-state index is 11.4. The summed E-state index contributed by atoms with van der Waals surface area (Å²) in [7, 11) is 1.66. The molecular weight excluding hydrogens is 184 g/mol. The van der Waals surface area contributed by atoms with E-state index in [9.17, 15) is 4.79 Å². The van der Waals surface area contributed by atoms with Crippen LogP contribution in [0.4, 0.5) is 0 Å². The molecule has 0 aromatic carbocycles. The Kier molecular flexibility index (Phi) is 2.49. The first-order chi connectivity index (χ1) is 6.77. The Balaban J connectivity index is 2.01. The van der Waals surface area contributed by atoms with Crippen LogP contribution in [0.15, 0.2) is 17.2 Å². The fourth-order valence-electron chi connectivity index (χ4n) is 1.16. The van der Waals surface area contributed by atoms with Crippen molar-refractivity contribution in [1.82, 2.24) is 9.55 Å². The van der Waals surface area contributed by atoms with Crippen LogP contribution in [-0.2, 0) is 11.8 Å². The van der Waals surface area contributed by atoms with Crippen LogP contribution in [-0.4, -0.2) is 28.9 Å². The van der Waals surface area contributed by atoms with Gasteiger partial charge in [0, 0.05) is 32.5 Å². The number of rotatable bonds is 3. The molecule has 1 aliphatic heterocycles. The molecule has 1 atom stereocenters. The summed E-state index contributed by atoms with van der Waals surface area (Å²) in [5, 5.41) is 0. The van der Waals surface area contributed by atoms with Gasteiger partial charge in [0.1, 0.15) is 6.61 Å². The second-order valence-electron chi connectivity index (χ2n) is 3.24. The summed E-state index contributed by atoms with van der Waals surface area (Å²) in [6, 6.07) is 0. The second kappa shape index (κ2) is 3.79. The highest BCUT2D eigenvalue weighted by Gasteiger charge is 2.19. The third kappa shape index (κ3) is 1.77. The highest BCUT2D eigenvalue weighted by molar-refractivity contribution is 5.03. The maximum Gasteiger partial charge on any atom is 0.313 e. The summed E-state index contributed by atoms with van der Waals surface area (Å²) in [5.74, 6) is 0.144. The molecule has 1 saturated heterocycles. The van der Waals surface area contributed by atoms with Crippen molar-refractivity contribution < 1.29 is 9.47 Å². The molecule has 0 saturated carbocycles. The molecule has 0 radical (unpaired) electrons. The van der Waals surface area contributed by atoms with Gasteiger partial charge < -0.3 is 14.0 Å². The Morgan fingerprint density at radius 1 is 1.79 bits per heavy atom. The topological polar surface area (TPSA) is 53.4 Å². The first-order valence-corrected chi connectivity index (χ1v) is 4.53. The predicted molar refractivity (Wildman–Crippen MR) is 49.3 cm³/mol. The summed E-state index contributed by atoms with van der Waals surface area (Å²) >= 11 is 0. The molecule has 1 fully saturated rings. The van der Waals surface area contributed by atoms with Crippen molar-refractivity contribution in [3.8, 4) is 5.88 Å². The van der Waals surface area contributed by atoms with Crippen molar-refractivity contribution in [3.05, 3.63) is 22.7 Å². The van der Waals surface area contributed by atoms with Gasteiger partial charge in [0.05, 0.1) is 6.10 Å². The standard InChI is InChI=1S/C9H12N2O3/c1-11-4-3-10-8(9(11)12)14-6-7-2-5-13-7/h3-4,7H,2,5-6H2,1H3. The molecule has 5 heteroatoms. The van der Waals surface area contributed by atoms with Crippen molar-refractivity contribution in [1.29, 1.82) is 0 Å². The van der Waals surface area contributed by atoms with Gasteiger partial charge in [-0.1, -0.05) is 0 Å². The lowest BCUT2D eigenvalue weighted by atomic mass is 10.2. The molecule has 2 heterocycles. The van der Waals surface area contributed by atoms with Crippen LogP contribution in [0.3, 0.4) is 0 Å². The van der Waals surface area contributed by atoms with E-state index in [1.54, 1.807) is 19.4 Å². The molecule has 2 rings (SSSR count). The van der Waals surface area contributed by atoms with Crippen LogP contribution in [0.25, 0.3) is 0 Å². The first kappa shape index (κ1) is 9.21. The Bertz CT molecular complexity index is 371. The van der Waals surface area contributed by atoms with E-state index in [1.165, 1.54) is 4.57 Å². The molecule has 1 aromatic rings. The zero-order chi connectivity index (χ0) is 9.97. The van der Waals surface area contributed by atoms with Crippen molar-refractivity contribution in [3.63, 3.8) is 0 Å². The highest BCUT2D eigenvalue weighted by atomic mass is 16.6. The van der Waals surface area contributed by atoms with Gasteiger partial charge in [-0.3, -0.25) is 4.79 Å². The Hall–Kier alpha value is -1.36. The molecular formula is C9H12N2O3. The number of aryl methyl sites for hydroxylation is 1. The van der Waals surface area contributed by atoms with Crippen LogP contribution in [0, 0.1) is 0 Å². The Morgan fingerprint density at radius 3 is 3.21 bits per heavy atom. The quantitative estimate of drug-likeness (QED) is 0.680. The second-order valence-corrected chi connectivity index (χ2v) is 3.24. The fraction of sp³-hybridized carbons (Fsp3) is 0.556. The number of nitrogens with zero attached hydrogens (tertiary/aromatic N) is 2. The molecule has 14 heavy (non-hydrogen) atoms. The average Bonchev–Trinajstić information content (AvgIpc) is 2.09. The lowest BCUT2D eigenvalue weighted by Gasteiger charge is -2.25. The van der Waals surface area contributed by atoms with Crippen molar-refractivity contribution in [2.24, 2.45) is 7.05 Å². The zero-order valence-electron chi connectivity index (χ0n) is 7.97. The molecule has 0 spiro atoms. The predicted octanol–water partition coefficient (Wildman–Crippen LogP) is -0.0520. The molecule has 5 nitrogen and oxygen atoms in total. The van der Waals surface area contributed by atoms with Crippen molar-refractivity contribution in [2.45, 2.75) is 12.5 Å². The van der Waals surface area contributed by atoms with Gasteiger partial charge in [0.25, 0.3) is 5.88 Å². The van der Waals surface area contributed by atoms with E-state index in [2.05, 4.69) is 4.98 Å². The van der Waals surface area contributed by atoms with Crippen LogP contribution in [0.5, 0.6) is 5.88 Å². The molecule has 1 aromatic heterocycles. The summed E-state index contributed by atoms with van der Waals surface area (Å²) < 4.78 is 11.8. The number of hydrogen-bond donors (Lipinski definition) is 0. The Labute approximate surface area is 81.3 Å². The van der Waals surface area contributed by atoms with E-state index in [-0.39, 0.29) is 17.5 Å². The smallest absolute Gasteiger partial charge is 0.313 e. The van der Waals surface area contributed by atoms with Gasteiger partial charge in [-0.2, -0.15) is 0 Å². The monoisotopic (exact) mass is 196 g/mol. The maximum atomic E-state index is 11.4. The van der Waals surface area contributed by atoms with Gasteiger partial charge in [-0.05, 0) is 0 Å². The normalized spacial score (nSPS) is 20.2. The van der Waals surface area contributed by atoms with E-state index in [1.807, 2.05) is 0 Å². The number of hydrogen-bond acceptors (Lipinski definition) is 4. The molecule has 0 amide bonds. The van der Waals surface area contributed by atoms with Crippen LogP contribution in [0.2, 0.25) is 0 Å². The fourth-order valence-corrected chi connectivity index (χ4v) is 1.16. The van der Waals surface area contributed by atoms with Gasteiger partial charge >= 0.3 is 5.56 Å². The summed E-state index contributed by atoms with van der Waals surface area (Å²) in [4.78, 5) is 15.3. The molecule has 0 bridgehead atoms. The Morgan fingerprint density at radius 2 is 2.57 bits per heavy atom. The van der Waals surface area contributed by atoms with E-state index in [0.717, 1.165) is 13.0 Å². The van der Waals surface area contributed by atoms with Crippen LogP contribution in [0.1, 0.15) is 6.42 Å². The van der Waals surface area contributed by atoms with E-state index in [4.69, 9.17) is 9.47 Å². The third-order valence-electron chi connectivity index (χ3n) is 2.18. The summed E-state index contributed by atoms with van der Waals surface area (Å²) in [6.45, 7) is 1.19. The number of aromatic nitrogens is 2. The molecule has 76 valence electrons. The van der Waals surface area contributed by atoms with E-state index >= 15 is 0 Å². The molecule has 0 aliphatic carbocycles. The lowest BCUT2D eigenvalue weighted by molar-refractivity contribution is -0.0729. The lowest BCUT2D eigenvalue weighted by Crippen LogP contribution is -2.34. The minimum absolute atomic E-state index is 0.127. The molecule has 1 unspecified atom stereocenters. The summed E-state index contributed by atoms with van der Waals surface area (Å²) in [6.07, 6.45) is 4.25. The first-order valence-electron chi connectivity index (χ1n) is 4.53. The van der Waals surface area contributed by atoms with Gasteiger partial charge in [0.15, 0.2) is 0 Å². The van der Waals surface area contributed by atoms with Crippen molar-refractivity contribution >= 4 is 0 Å². The largest absolute Gasteiger partial charge is 0.471 e. The number of ether oxygens (including phenoxy) is 2. The van der Waals surface area contributed by atoms with Crippen LogP contribution < -0.4 is 10.3 Å². The van der Waals surface area contributed by atoms with E-state index in [0.29, 0.717) is 6.61 Å². The summed E-state index contributed by atoms with van der Waals surface area (Å²) in [5.41, 5.74) is -0.216. The SMILES string of the molecule is Cn1ccnc(OCC2CCO2)c1=O. The van der Waals surface area contributed by atoms with Crippen molar-refractivity contribution in [2.75, 3.05) is 13.2 Å². The molecule has 1 aliphatic rings. The van der Waals surface area contributed by atoms with Gasteiger partial charge in [0.2, 0.25) is 0 Å². The third-order valence-corrected chi connectivity index (χ3v) is 2.18. The zero-order valence-corrected chi connectivity index (χ0v) is 7.97. The average molecular weight is 196 g/mol.